The molecule has 0 fully saturated rings. The molecule has 0 aliphatic carbocycles. The van der Waals surface area contributed by atoms with E-state index in [2.05, 4.69) is 26.4 Å². The average Bonchev–Trinajstić information content (AvgIpc) is 3.14. The molecule has 0 spiro atoms. The second kappa shape index (κ2) is 6.91. The summed E-state index contributed by atoms with van der Waals surface area (Å²) in [6, 6.07) is 12.1. The van der Waals surface area contributed by atoms with E-state index >= 15 is 0 Å². The van der Waals surface area contributed by atoms with Crippen LogP contribution in [0, 0.1) is 13.8 Å². The molecular formula is C17H16N6O2. The van der Waals surface area contributed by atoms with Crippen LogP contribution in [0.5, 0.6) is 0 Å². The number of tetrazole rings is 1. The lowest BCUT2D eigenvalue weighted by Crippen LogP contribution is -2.41. The highest BCUT2D eigenvalue weighted by atomic mass is 16.2. The van der Waals surface area contributed by atoms with Crippen molar-refractivity contribution in [2.75, 3.05) is 0 Å². The number of carbonyl (C=O) groups excluding carboxylic acids is 2. The Bertz CT molecular complexity index is 903. The summed E-state index contributed by atoms with van der Waals surface area (Å²) in [5.41, 5.74) is 8.38. The summed E-state index contributed by atoms with van der Waals surface area (Å²) in [5, 5.41) is 10.9. The van der Waals surface area contributed by atoms with Crippen molar-refractivity contribution >= 4 is 11.8 Å². The average molecular weight is 336 g/mol. The molecule has 8 heteroatoms. The van der Waals surface area contributed by atoms with Gasteiger partial charge in [0, 0.05) is 11.1 Å². The molecule has 126 valence electrons. The van der Waals surface area contributed by atoms with E-state index in [1.54, 1.807) is 30.3 Å². The number of carbonyl (C=O) groups is 2. The highest BCUT2D eigenvalue weighted by Crippen LogP contribution is 2.10. The topological polar surface area (TPSA) is 102 Å². The molecule has 1 aromatic heterocycles. The predicted octanol–water partition coefficient (Wildman–Crippen LogP) is 1.35. The molecule has 1 heterocycles. The zero-order chi connectivity index (χ0) is 17.8. The summed E-state index contributed by atoms with van der Waals surface area (Å²) < 4.78 is 1.48. The molecule has 0 radical (unpaired) electrons. The Balaban J connectivity index is 1.63. The van der Waals surface area contributed by atoms with Crippen molar-refractivity contribution in [3.63, 3.8) is 0 Å². The van der Waals surface area contributed by atoms with Gasteiger partial charge in [0.15, 0.2) is 0 Å². The van der Waals surface area contributed by atoms with Crippen LogP contribution in [0.25, 0.3) is 5.69 Å². The number of amides is 2. The van der Waals surface area contributed by atoms with Crippen molar-refractivity contribution in [2.24, 2.45) is 0 Å². The Hall–Kier alpha value is -3.55. The van der Waals surface area contributed by atoms with E-state index in [1.807, 2.05) is 26.0 Å². The zero-order valence-electron chi connectivity index (χ0n) is 13.7. The molecule has 0 aliphatic rings. The number of rotatable bonds is 3. The normalized spacial score (nSPS) is 10.3. The number of hydrazine groups is 1. The van der Waals surface area contributed by atoms with E-state index < -0.39 is 5.91 Å². The highest BCUT2D eigenvalue weighted by Gasteiger charge is 2.11. The van der Waals surface area contributed by atoms with Crippen LogP contribution in [-0.2, 0) is 0 Å². The SMILES string of the molecule is Cc1ccc(C(=O)NNC(=O)c2ccc(-n3cnnn3)cc2)c(C)c1. The Morgan fingerprint density at radius 3 is 2.32 bits per heavy atom. The van der Waals surface area contributed by atoms with Gasteiger partial charge in [0.2, 0.25) is 0 Å². The molecule has 25 heavy (non-hydrogen) atoms. The van der Waals surface area contributed by atoms with Crippen LogP contribution in [-0.4, -0.2) is 32.0 Å². The van der Waals surface area contributed by atoms with Gasteiger partial charge in [-0.05, 0) is 60.2 Å². The van der Waals surface area contributed by atoms with Crippen molar-refractivity contribution in [2.45, 2.75) is 13.8 Å². The van der Waals surface area contributed by atoms with Crippen LogP contribution in [0.3, 0.4) is 0 Å². The second-order valence-corrected chi connectivity index (χ2v) is 5.53. The lowest BCUT2D eigenvalue weighted by molar-refractivity contribution is 0.0846. The monoisotopic (exact) mass is 336 g/mol. The lowest BCUT2D eigenvalue weighted by Gasteiger charge is -2.10. The molecule has 2 N–H and O–H groups in total. The Morgan fingerprint density at radius 2 is 1.68 bits per heavy atom. The van der Waals surface area contributed by atoms with Crippen LogP contribution in [0.4, 0.5) is 0 Å². The molecule has 0 saturated carbocycles. The summed E-state index contributed by atoms with van der Waals surface area (Å²) in [6.07, 6.45) is 1.46. The number of aromatic nitrogens is 4. The number of nitrogens with zero attached hydrogens (tertiary/aromatic N) is 4. The van der Waals surface area contributed by atoms with E-state index in [4.69, 9.17) is 0 Å². The van der Waals surface area contributed by atoms with Gasteiger partial charge in [0.05, 0.1) is 5.69 Å². The maximum atomic E-state index is 12.2. The summed E-state index contributed by atoms with van der Waals surface area (Å²) in [4.78, 5) is 24.3. The Morgan fingerprint density at radius 1 is 0.960 bits per heavy atom. The van der Waals surface area contributed by atoms with E-state index in [1.165, 1.54) is 11.0 Å². The second-order valence-electron chi connectivity index (χ2n) is 5.53. The molecule has 0 unspecified atom stereocenters. The van der Waals surface area contributed by atoms with Crippen LogP contribution in [0.1, 0.15) is 31.8 Å². The number of benzene rings is 2. The maximum Gasteiger partial charge on any atom is 0.269 e. The minimum absolute atomic E-state index is 0.365. The molecule has 0 aliphatic heterocycles. The van der Waals surface area contributed by atoms with Gasteiger partial charge in [-0.25, -0.2) is 4.68 Å². The molecule has 0 saturated heterocycles. The molecule has 8 nitrogen and oxygen atoms in total. The minimum atomic E-state index is -0.415. The molecule has 2 aromatic carbocycles. The fourth-order valence-electron chi connectivity index (χ4n) is 2.37. The quantitative estimate of drug-likeness (QED) is 0.703. The van der Waals surface area contributed by atoms with Gasteiger partial charge >= 0.3 is 0 Å². The van der Waals surface area contributed by atoms with Gasteiger partial charge in [0.1, 0.15) is 6.33 Å². The van der Waals surface area contributed by atoms with E-state index in [0.29, 0.717) is 11.1 Å². The first kappa shape index (κ1) is 16.3. The highest BCUT2D eigenvalue weighted by molar-refractivity contribution is 5.99. The van der Waals surface area contributed by atoms with Crippen molar-refractivity contribution < 1.29 is 9.59 Å². The smallest absolute Gasteiger partial charge is 0.267 e. The van der Waals surface area contributed by atoms with Gasteiger partial charge < -0.3 is 0 Å². The number of nitrogens with one attached hydrogen (secondary N) is 2. The molecule has 3 aromatic rings. The van der Waals surface area contributed by atoms with E-state index in [9.17, 15) is 9.59 Å². The fourth-order valence-corrected chi connectivity index (χ4v) is 2.37. The molecular weight excluding hydrogens is 320 g/mol. The summed E-state index contributed by atoms with van der Waals surface area (Å²) in [6.45, 7) is 3.80. The standard InChI is InChI=1S/C17H16N6O2/c1-11-3-8-15(12(2)9-11)17(25)20-19-16(24)13-4-6-14(7-5-13)23-10-18-21-22-23/h3-10H,1-2H3,(H,19,24)(H,20,25). The summed E-state index contributed by atoms with van der Waals surface area (Å²) in [7, 11) is 0. The molecule has 3 rings (SSSR count). The number of aryl methyl sites for hydroxylation is 2. The largest absolute Gasteiger partial charge is 0.269 e. The third-order valence-electron chi connectivity index (χ3n) is 3.66. The van der Waals surface area contributed by atoms with Crippen LogP contribution >= 0.6 is 0 Å². The molecule has 0 bridgehead atoms. The first-order valence-electron chi connectivity index (χ1n) is 7.56. The minimum Gasteiger partial charge on any atom is -0.267 e. The fraction of sp³-hybridized carbons (Fsp3) is 0.118. The molecule has 0 atom stereocenters. The van der Waals surface area contributed by atoms with Gasteiger partial charge in [-0.2, -0.15) is 0 Å². The van der Waals surface area contributed by atoms with Gasteiger partial charge in [-0.1, -0.05) is 17.7 Å². The van der Waals surface area contributed by atoms with Crippen molar-refractivity contribution in [1.82, 2.24) is 31.1 Å². The first-order valence-corrected chi connectivity index (χ1v) is 7.56. The van der Waals surface area contributed by atoms with Crippen LogP contribution < -0.4 is 10.9 Å². The van der Waals surface area contributed by atoms with Crippen LogP contribution in [0.15, 0.2) is 48.8 Å². The van der Waals surface area contributed by atoms with Gasteiger partial charge in [-0.15, -0.1) is 5.10 Å². The molecule has 2 amide bonds. The zero-order valence-corrected chi connectivity index (χ0v) is 13.7. The predicted molar refractivity (Wildman–Crippen MR) is 90.0 cm³/mol. The van der Waals surface area contributed by atoms with E-state index in [0.717, 1.165) is 16.8 Å². The first-order chi connectivity index (χ1) is 12.0. The lowest BCUT2D eigenvalue weighted by atomic mass is 10.1. The Labute approximate surface area is 143 Å². The van der Waals surface area contributed by atoms with E-state index in [-0.39, 0.29) is 5.91 Å². The third-order valence-corrected chi connectivity index (χ3v) is 3.66. The van der Waals surface area contributed by atoms with Gasteiger partial charge in [-0.3, -0.25) is 20.4 Å². The van der Waals surface area contributed by atoms with Crippen molar-refractivity contribution in [3.8, 4) is 5.69 Å². The number of hydrogen-bond donors (Lipinski definition) is 2. The Kier molecular flexibility index (Phi) is 4.51. The maximum absolute atomic E-state index is 12.2. The summed E-state index contributed by atoms with van der Waals surface area (Å²) in [5.74, 6) is -0.780. The third kappa shape index (κ3) is 3.69. The van der Waals surface area contributed by atoms with Crippen molar-refractivity contribution in [1.29, 1.82) is 0 Å². The number of hydrogen-bond acceptors (Lipinski definition) is 5. The van der Waals surface area contributed by atoms with Crippen LogP contribution in [0.2, 0.25) is 0 Å². The van der Waals surface area contributed by atoms with Crippen molar-refractivity contribution in [3.05, 3.63) is 71.0 Å². The summed E-state index contributed by atoms with van der Waals surface area (Å²) >= 11 is 0. The van der Waals surface area contributed by atoms with Gasteiger partial charge in [0.25, 0.3) is 11.8 Å².